The van der Waals surface area contributed by atoms with Crippen LogP contribution in [0, 0.1) is 11.8 Å². The summed E-state index contributed by atoms with van der Waals surface area (Å²) in [5, 5.41) is 1.61. The van der Waals surface area contributed by atoms with Crippen LogP contribution in [0.15, 0.2) is 36.4 Å². The van der Waals surface area contributed by atoms with Gasteiger partial charge < -0.3 is 4.74 Å². The molecule has 2 aliphatic rings. The number of carbonyl (C=O) groups is 2. The minimum absolute atomic E-state index is 0.224. The van der Waals surface area contributed by atoms with Gasteiger partial charge in [0.1, 0.15) is 5.75 Å². The van der Waals surface area contributed by atoms with Gasteiger partial charge in [0, 0.05) is 7.05 Å². The molecule has 2 amide bonds. The van der Waals surface area contributed by atoms with Crippen molar-refractivity contribution in [2.75, 3.05) is 19.1 Å². The second-order valence-corrected chi connectivity index (χ2v) is 6.43. The Hall–Kier alpha value is -2.18. The van der Waals surface area contributed by atoms with E-state index < -0.39 is 12.0 Å². The normalized spacial score (nSPS) is 27.5. The van der Waals surface area contributed by atoms with Gasteiger partial charge in [-0.3, -0.25) is 14.4 Å². The first kappa shape index (κ1) is 16.7. The fourth-order valence-electron chi connectivity index (χ4n) is 3.14. The van der Waals surface area contributed by atoms with Gasteiger partial charge in [-0.1, -0.05) is 26.0 Å². The quantitative estimate of drug-likeness (QED) is 0.624. The Kier molecular flexibility index (Phi) is 4.43. The second-order valence-electron chi connectivity index (χ2n) is 6.43. The Balaban J connectivity index is 1.88. The smallest absolute Gasteiger partial charge is 0.265 e. The molecular formula is C18H22N2O4. The van der Waals surface area contributed by atoms with Gasteiger partial charge in [0.2, 0.25) is 5.91 Å². The molecule has 6 heteroatoms. The number of nitrogens with zero attached hydrogens (tertiary/aromatic N) is 2. The number of hydrogen-bond acceptors (Lipinski definition) is 5. The number of carbonyl (C=O) groups excluding carboxylic acids is 2. The molecule has 0 bridgehead atoms. The number of ether oxygens (including phenoxy) is 1. The fourth-order valence-corrected chi connectivity index (χ4v) is 3.14. The average Bonchev–Trinajstić information content (AvgIpc) is 3.00. The zero-order valence-electron chi connectivity index (χ0n) is 14.3. The van der Waals surface area contributed by atoms with E-state index in [0.29, 0.717) is 17.4 Å². The third-order valence-electron chi connectivity index (χ3n) is 4.39. The highest BCUT2D eigenvalue weighted by molar-refractivity contribution is 6.23. The molecule has 0 N–H and O–H groups in total. The minimum atomic E-state index is -0.758. The van der Waals surface area contributed by atoms with Gasteiger partial charge in [0.25, 0.3) is 5.91 Å². The van der Waals surface area contributed by atoms with E-state index in [-0.39, 0.29) is 17.9 Å². The first-order valence-corrected chi connectivity index (χ1v) is 8.04. The molecule has 2 aliphatic heterocycles. The van der Waals surface area contributed by atoms with Crippen molar-refractivity contribution < 1.29 is 19.2 Å². The van der Waals surface area contributed by atoms with E-state index in [4.69, 9.17) is 9.57 Å². The van der Waals surface area contributed by atoms with E-state index in [1.165, 1.54) is 4.90 Å². The van der Waals surface area contributed by atoms with Gasteiger partial charge in [-0.25, -0.2) is 4.90 Å². The van der Waals surface area contributed by atoms with Crippen LogP contribution in [0.1, 0.15) is 13.8 Å². The molecule has 2 fully saturated rings. The third kappa shape index (κ3) is 2.72. The van der Waals surface area contributed by atoms with Gasteiger partial charge in [-0.15, -0.1) is 0 Å². The molecule has 3 unspecified atom stereocenters. The fraction of sp³-hybridized carbons (Fsp3) is 0.444. The van der Waals surface area contributed by atoms with Crippen LogP contribution in [0.5, 0.6) is 5.75 Å². The van der Waals surface area contributed by atoms with Crippen molar-refractivity contribution in [2.24, 2.45) is 11.8 Å². The number of benzene rings is 1. The molecule has 0 aromatic heterocycles. The van der Waals surface area contributed by atoms with Crippen LogP contribution in [0.4, 0.5) is 5.69 Å². The molecule has 0 radical (unpaired) electrons. The summed E-state index contributed by atoms with van der Waals surface area (Å²) in [4.78, 5) is 32.4. The minimum Gasteiger partial charge on any atom is -0.497 e. The van der Waals surface area contributed by atoms with Crippen LogP contribution in [-0.4, -0.2) is 43.2 Å². The van der Waals surface area contributed by atoms with Gasteiger partial charge in [-0.05, 0) is 30.2 Å². The van der Waals surface area contributed by atoms with Crippen LogP contribution in [-0.2, 0) is 14.4 Å². The zero-order chi connectivity index (χ0) is 17.4. The second kappa shape index (κ2) is 6.37. The topological polar surface area (TPSA) is 59.1 Å². The number of amides is 2. The highest BCUT2D eigenvalue weighted by Gasteiger charge is 2.58. The lowest BCUT2D eigenvalue weighted by Crippen LogP contribution is -2.38. The van der Waals surface area contributed by atoms with Gasteiger partial charge in [-0.2, -0.15) is 5.06 Å². The monoisotopic (exact) mass is 330 g/mol. The molecule has 6 nitrogen and oxygen atoms in total. The Morgan fingerprint density at radius 3 is 2.42 bits per heavy atom. The summed E-state index contributed by atoms with van der Waals surface area (Å²) in [5.74, 6) is -0.0194. The summed E-state index contributed by atoms with van der Waals surface area (Å²) in [7, 11) is 3.33. The number of hydroxylamine groups is 2. The van der Waals surface area contributed by atoms with E-state index in [1.54, 1.807) is 43.5 Å². The average molecular weight is 330 g/mol. The van der Waals surface area contributed by atoms with Crippen molar-refractivity contribution in [3.63, 3.8) is 0 Å². The van der Waals surface area contributed by atoms with Gasteiger partial charge >= 0.3 is 0 Å². The molecule has 0 aliphatic carbocycles. The number of rotatable bonds is 4. The Morgan fingerprint density at radius 2 is 1.83 bits per heavy atom. The van der Waals surface area contributed by atoms with Crippen LogP contribution in [0.2, 0.25) is 0 Å². The maximum Gasteiger partial charge on any atom is 0.265 e. The SMILES string of the molecule is COc1ccc(N2C(=O)C3ON(C)C(/C=C/C(C)C)C3C2=O)cc1. The van der Waals surface area contributed by atoms with Crippen LogP contribution in [0.3, 0.4) is 0 Å². The van der Waals surface area contributed by atoms with Crippen LogP contribution >= 0.6 is 0 Å². The predicted octanol–water partition coefficient (Wildman–Crippen LogP) is 2.01. The summed E-state index contributed by atoms with van der Waals surface area (Å²) in [6.45, 7) is 4.13. The maximum absolute atomic E-state index is 12.9. The lowest BCUT2D eigenvalue weighted by Gasteiger charge is -2.22. The van der Waals surface area contributed by atoms with E-state index >= 15 is 0 Å². The van der Waals surface area contributed by atoms with Crippen molar-refractivity contribution in [1.29, 1.82) is 0 Å². The molecule has 2 heterocycles. The molecular weight excluding hydrogens is 308 g/mol. The highest BCUT2D eigenvalue weighted by atomic mass is 16.7. The summed E-state index contributed by atoms with van der Waals surface area (Å²) in [6, 6.07) is 6.63. The Bertz CT molecular complexity index is 668. The molecule has 3 atom stereocenters. The van der Waals surface area contributed by atoms with Gasteiger partial charge in [0.15, 0.2) is 6.10 Å². The number of hydrogen-bond donors (Lipinski definition) is 0. The molecule has 3 rings (SSSR count). The molecule has 128 valence electrons. The van der Waals surface area contributed by atoms with Crippen molar-refractivity contribution in [1.82, 2.24) is 5.06 Å². The standard InChI is InChI=1S/C18H22N2O4/c1-11(2)5-10-14-15-16(24-19(14)3)18(22)20(17(15)21)12-6-8-13(23-4)9-7-12/h5-11,14-16H,1-4H3/b10-5+. The van der Waals surface area contributed by atoms with Crippen LogP contribution < -0.4 is 9.64 Å². The summed E-state index contributed by atoms with van der Waals surface area (Å²) < 4.78 is 5.12. The number of allylic oxidation sites excluding steroid dienone is 1. The molecule has 24 heavy (non-hydrogen) atoms. The van der Waals surface area contributed by atoms with Crippen molar-refractivity contribution in [2.45, 2.75) is 26.0 Å². The number of likely N-dealkylation sites (N-methyl/N-ethyl adjacent to an activating group) is 1. The lowest BCUT2D eigenvalue weighted by atomic mass is 9.95. The number of methoxy groups -OCH3 is 1. The Morgan fingerprint density at radius 1 is 1.17 bits per heavy atom. The number of imide groups is 1. The molecule has 1 aromatic rings. The summed E-state index contributed by atoms with van der Waals surface area (Å²) in [6.07, 6.45) is 3.23. The largest absolute Gasteiger partial charge is 0.497 e. The molecule has 0 spiro atoms. The maximum atomic E-state index is 12.9. The number of fused-ring (bicyclic) bond motifs is 1. The van der Waals surface area contributed by atoms with Crippen molar-refractivity contribution in [3.8, 4) is 5.75 Å². The number of anilines is 1. The highest BCUT2D eigenvalue weighted by Crippen LogP contribution is 2.38. The van der Waals surface area contributed by atoms with E-state index in [9.17, 15) is 9.59 Å². The lowest BCUT2D eigenvalue weighted by molar-refractivity contribution is -0.157. The van der Waals surface area contributed by atoms with Crippen molar-refractivity contribution in [3.05, 3.63) is 36.4 Å². The zero-order valence-corrected chi connectivity index (χ0v) is 14.3. The summed E-state index contributed by atoms with van der Waals surface area (Å²) in [5.41, 5.74) is 0.540. The predicted molar refractivity (Wildman–Crippen MR) is 89.4 cm³/mol. The Labute approximate surface area is 141 Å². The van der Waals surface area contributed by atoms with Gasteiger partial charge in [0.05, 0.1) is 24.8 Å². The third-order valence-corrected chi connectivity index (χ3v) is 4.39. The molecule has 2 saturated heterocycles. The molecule has 1 aromatic carbocycles. The van der Waals surface area contributed by atoms with Crippen LogP contribution in [0.25, 0.3) is 0 Å². The first-order valence-electron chi connectivity index (χ1n) is 8.04. The van der Waals surface area contributed by atoms with E-state index in [2.05, 4.69) is 13.8 Å². The first-order chi connectivity index (χ1) is 11.4. The van der Waals surface area contributed by atoms with E-state index in [1.807, 2.05) is 12.2 Å². The molecule has 0 saturated carbocycles. The van der Waals surface area contributed by atoms with E-state index in [0.717, 1.165) is 0 Å². The van der Waals surface area contributed by atoms with Crippen molar-refractivity contribution >= 4 is 17.5 Å². The summed E-state index contributed by atoms with van der Waals surface area (Å²) >= 11 is 0.